The summed E-state index contributed by atoms with van der Waals surface area (Å²) in [5.41, 5.74) is 5.53. The van der Waals surface area contributed by atoms with Gasteiger partial charge in [-0.1, -0.05) is 44.9 Å². The van der Waals surface area contributed by atoms with Crippen LogP contribution >= 0.6 is 0 Å². The number of likely N-dealkylation sites (N-methyl/N-ethyl adjacent to an activating group) is 1. The van der Waals surface area contributed by atoms with Crippen LogP contribution in [-0.4, -0.2) is 41.9 Å². The SMILES string of the molecule is CN1C(=O)[C@@](CCC2CCCCC2)(CC2CCCC(NCC3CC3)C2)N=C1N. The molecule has 3 fully saturated rings. The molecule has 1 amide bonds. The molecule has 5 heteroatoms. The van der Waals surface area contributed by atoms with Crippen LogP contribution in [0.4, 0.5) is 0 Å². The number of carbonyl (C=O) groups excluding carboxylic acids is 1. The first-order valence-electron chi connectivity index (χ1n) is 11.9. The number of aliphatic imine (C=N–C) groups is 1. The molecule has 158 valence electrons. The summed E-state index contributed by atoms with van der Waals surface area (Å²) in [5.74, 6) is 2.86. The van der Waals surface area contributed by atoms with Crippen LogP contribution in [0.2, 0.25) is 0 Å². The Morgan fingerprint density at radius 3 is 2.46 bits per heavy atom. The molecule has 0 aromatic rings. The highest BCUT2D eigenvalue weighted by Gasteiger charge is 2.48. The van der Waals surface area contributed by atoms with E-state index in [1.54, 1.807) is 11.9 Å². The van der Waals surface area contributed by atoms with Gasteiger partial charge in [0.15, 0.2) is 5.96 Å². The van der Waals surface area contributed by atoms with Crippen LogP contribution in [0.1, 0.15) is 89.9 Å². The standard InChI is InChI=1S/C23H40N4O/c1-27-21(28)23(26-22(27)24,13-12-17-6-3-2-4-7-17)15-19-8-5-9-20(14-19)25-16-18-10-11-18/h17-20,25H,2-16H2,1H3,(H2,24,26)/t19?,20?,23-/m1/s1. The molecule has 5 nitrogen and oxygen atoms in total. The monoisotopic (exact) mass is 388 g/mol. The van der Waals surface area contributed by atoms with E-state index in [4.69, 9.17) is 10.7 Å². The summed E-state index contributed by atoms with van der Waals surface area (Å²) < 4.78 is 0. The Morgan fingerprint density at radius 1 is 1.04 bits per heavy atom. The lowest BCUT2D eigenvalue weighted by atomic mass is 9.74. The van der Waals surface area contributed by atoms with Gasteiger partial charge in [-0.3, -0.25) is 9.69 Å². The van der Waals surface area contributed by atoms with Crippen LogP contribution in [0.25, 0.3) is 0 Å². The van der Waals surface area contributed by atoms with Gasteiger partial charge in [-0.05, 0) is 69.2 Å². The van der Waals surface area contributed by atoms with Crippen molar-refractivity contribution in [2.45, 2.75) is 101 Å². The molecular formula is C23H40N4O. The summed E-state index contributed by atoms with van der Waals surface area (Å²) in [6.45, 7) is 1.19. The Kier molecular flexibility index (Phi) is 6.29. The van der Waals surface area contributed by atoms with Crippen molar-refractivity contribution < 1.29 is 4.79 Å². The van der Waals surface area contributed by atoms with Gasteiger partial charge in [0.05, 0.1) is 0 Å². The van der Waals surface area contributed by atoms with E-state index >= 15 is 0 Å². The van der Waals surface area contributed by atoms with Crippen LogP contribution in [0.3, 0.4) is 0 Å². The van der Waals surface area contributed by atoms with E-state index in [2.05, 4.69) is 5.32 Å². The molecule has 1 aliphatic heterocycles. The summed E-state index contributed by atoms with van der Waals surface area (Å²) >= 11 is 0. The molecule has 2 unspecified atom stereocenters. The van der Waals surface area contributed by atoms with Gasteiger partial charge in [0.2, 0.25) is 0 Å². The molecule has 3 aliphatic carbocycles. The third-order valence-corrected chi connectivity index (χ3v) is 7.87. The lowest BCUT2D eigenvalue weighted by Gasteiger charge is -2.35. The Labute approximate surface area is 170 Å². The fourth-order valence-corrected chi connectivity index (χ4v) is 5.87. The van der Waals surface area contributed by atoms with Crippen molar-refractivity contribution in [1.82, 2.24) is 10.2 Å². The van der Waals surface area contributed by atoms with Crippen molar-refractivity contribution in [2.75, 3.05) is 13.6 Å². The molecule has 1 heterocycles. The number of rotatable bonds is 8. The highest BCUT2D eigenvalue weighted by molar-refractivity contribution is 6.06. The van der Waals surface area contributed by atoms with Gasteiger partial charge in [0.1, 0.15) is 5.54 Å². The number of hydrogen-bond donors (Lipinski definition) is 2. The van der Waals surface area contributed by atoms with Crippen LogP contribution in [-0.2, 0) is 4.79 Å². The number of nitrogens with two attached hydrogens (primary N) is 1. The van der Waals surface area contributed by atoms with Crippen LogP contribution in [0.5, 0.6) is 0 Å². The molecule has 28 heavy (non-hydrogen) atoms. The molecular weight excluding hydrogens is 348 g/mol. The van der Waals surface area contributed by atoms with E-state index in [9.17, 15) is 4.79 Å². The van der Waals surface area contributed by atoms with Crippen molar-refractivity contribution in [2.24, 2.45) is 28.5 Å². The lowest BCUT2D eigenvalue weighted by Crippen LogP contribution is -2.45. The topological polar surface area (TPSA) is 70.7 Å². The molecule has 0 aromatic heterocycles. The fraction of sp³-hybridized carbons (Fsp3) is 0.913. The summed E-state index contributed by atoms with van der Waals surface area (Å²) in [7, 11) is 1.80. The van der Waals surface area contributed by atoms with Gasteiger partial charge in [0, 0.05) is 13.1 Å². The summed E-state index contributed by atoms with van der Waals surface area (Å²) in [5, 5.41) is 3.81. The first kappa shape index (κ1) is 20.2. The predicted octanol–water partition coefficient (Wildman–Crippen LogP) is 3.82. The Morgan fingerprint density at radius 2 is 1.79 bits per heavy atom. The minimum absolute atomic E-state index is 0.147. The summed E-state index contributed by atoms with van der Waals surface area (Å²) in [6.07, 6.45) is 17.5. The van der Waals surface area contributed by atoms with E-state index in [-0.39, 0.29) is 5.91 Å². The van der Waals surface area contributed by atoms with Crippen molar-refractivity contribution >= 4 is 11.9 Å². The maximum atomic E-state index is 13.2. The minimum atomic E-state index is -0.584. The number of nitrogens with zero attached hydrogens (tertiary/aromatic N) is 2. The number of carbonyl (C=O) groups is 1. The number of guanidine groups is 1. The summed E-state index contributed by atoms with van der Waals surface area (Å²) in [6, 6.07) is 0.630. The molecule has 3 atom stereocenters. The highest BCUT2D eigenvalue weighted by Crippen LogP contribution is 2.40. The Balaban J connectivity index is 1.39. The summed E-state index contributed by atoms with van der Waals surface area (Å²) in [4.78, 5) is 19.6. The molecule has 0 radical (unpaired) electrons. The van der Waals surface area contributed by atoms with E-state index in [0.717, 1.165) is 31.1 Å². The molecule has 0 saturated heterocycles. The van der Waals surface area contributed by atoms with E-state index in [0.29, 0.717) is 17.9 Å². The van der Waals surface area contributed by atoms with E-state index in [1.165, 1.54) is 77.2 Å². The van der Waals surface area contributed by atoms with Gasteiger partial charge >= 0.3 is 0 Å². The van der Waals surface area contributed by atoms with Gasteiger partial charge < -0.3 is 11.1 Å². The largest absolute Gasteiger partial charge is 0.369 e. The molecule has 3 saturated carbocycles. The average molecular weight is 389 g/mol. The van der Waals surface area contributed by atoms with E-state index < -0.39 is 5.54 Å². The first-order valence-corrected chi connectivity index (χ1v) is 11.9. The van der Waals surface area contributed by atoms with Gasteiger partial charge in [0.25, 0.3) is 5.91 Å². The zero-order valence-corrected chi connectivity index (χ0v) is 17.8. The Bertz CT molecular complexity index is 581. The Hall–Kier alpha value is -1.10. The van der Waals surface area contributed by atoms with Crippen LogP contribution in [0, 0.1) is 17.8 Å². The lowest BCUT2D eigenvalue weighted by molar-refractivity contribution is -0.131. The molecule has 3 N–H and O–H groups in total. The zero-order valence-electron chi connectivity index (χ0n) is 17.8. The number of hydrogen-bond acceptors (Lipinski definition) is 4. The normalized spacial score (nSPS) is 34.7. The second-order valence-electron chi connectivity index (χ2n) is 10.2. The first-order chi connectivity index (χ1) is 13.6. The number of nitrogens with one attached hydrogen (secondary N) is 1. The van der Waals surface area contributed by atoms with E-state index in [1.807, 2.05) is 0 Å². The van der Waals surface area contributed by atoms with Crippen LogP contribution in [0.15, 0.2) is 4.99 Å². The smallest absolute Gasteiger partial charge is 0.257 e. The van der Waals surface area contributed by atoms with Gasteiger partial charge in [-0.25, -0.2) is 4.99 Å². The van der Waals surface area contributed by atoms with Gasteiger partial charge in [-0.15, -0.1) is 0 Å². The third-order valence-electron chi connectivity index (χ3n) is 7.87. The molecule has 0 spiro atoms. The minimum Gasteiger partial charge on any atom is -0.369 e. The maximum absolute atomic E-state index is 13.2. The van der Waals surface area contributed by atoms with Crippen molar-refractivity contribution in [3.63, 3.8) is 0 Å². The fourth-order valence-electron chi connectivity index (χ4n) is 5.87. The van der Waals surface area contributed by atoms with Crippen molar-refractivity contribution in [1.29, 1.82) is 0 Å². The van der Waals surface area contributed by atoms with Gasteiger partial charge in [-0.2, -0.15) is 0 Å². The second-order valence-corrected chi connectivity index (χ2v) is 10.2. The molecule has 4 aliphatic rings. The highest BCUT2D eigenvalue weighted by atomic mass is 16.2. The zero-order chi connectivity index (χ0) is 19.6. The van der Waals surface area contributed by atoms with Crippen molar-refractivity contribution in [3.05, 3.63) is 0 Å². The molecule has 4 rings (SSSR count). The number of amides is 1. The third kappa shape index (κ3) is 4.72. The molecule has 0 bridgehead atoms. The second kappa shape index (κ2) is 8.73. The van der Waals surface area contributed by atoms with Crippen molar-refractivity contribution in [3.8, 4) is 0 Å². The quantitative estimate of drug-likeness (QED) is 0.664. The van der Waals surface area contributed by atoms with Crippen LogP contribution < -0.4 is 11.1 Å². The average Bonchev–Trinajstić information content (AvgIpc) is 3.52. The maximum Gasteiger partial charge on any atom is 0.257 e. The molecule has 0 aromatic carbocycles. The predicted molar refractivity (Wildman–Crippen MR) is 114 cm³/mol.